The van der Waals surface area contributed by atoms with Crippen molar-refractivity contribution in [2.75, 3.05) is 5.32 Å². The van der Waals surface area contributed by atoms with Crippen LogP contribution in [-0.2, 0) is 17.9 Å². The molecule has 1 aromatic heterocycles. The lowest BCUT2D eigenvalue weighted by Crippen LogP contribution is -2.25. The van der Waals surface area contributed by atoms with E-state index in [0.29, 0.717) is 24.5 Å². The SMILES string of the molecule is CC(C)C(=O)Nc1ccc2c(c1)cc(C(=O)NCc1ccccc1)n2Cc1cccc(F)c1. The summed E-state index contributed by atoms with van der Waals surface area (Å²) in [5.74, 6) is -0.760. The second kappa shape index (κ2) is 9.69. The van der Waals surface area contributed by atoms with Crippen molar-refractivity contribution in [2.45, 2.75) is 26.9 Å². The molecule has 2 amide bonds. The third-order valence-electron chi connectivity index (χ3n) is 5.45. The fourth-order valence-corrected chi connectivity index (χ4v) is 3.68. The molecule has 0 unspecified atom stereocenters. The first-order valence-corrected chi connectivity index (χ1v) is 10.9. The zero-order chi connectivity index (χ0) is 23.4. The second-order valence-electron chi connectivity index (χ2n) is 8.33. The van der Waals surface area contributed by atoms with E-state index in [9.17, 15) is 14.0 Å². The number of halogens is 1. The van der Waals surface area contributed by atoms with Crippen molar-refractivity contribution in [1.82, 2.24) is 9.88 Å². The van der Waals surface area contributed by atoms with Crippen LogP contribution < -0.4 is 10.6 Å². The highest BCUT2D eigenvalue weighted by Gasteiger charge is 2.17. The predicted octanol–water partition coefficient (Wildman–Crippen LogP) is 5.35. The van der Waals surface area contributed by atoms with Gasteiger partial charge in [0.2, 0.25) is 5.91 Å². The number of nitrogens with zero attached hydrogens (tertiary/aromatic N) is 1. The highest BCUT2D eigenvalue weighted by molar-refractivity contribution is 6.00. The van der Waals surface area contributed by atoms with Gasteiger partial charge in [0.25, 0.3) is 5.91 Å². The van der Waals surface area contributed by atoms with Gasteiger partial charge in [0, 0.05) is 35.6 Å². The van der Waals surface area contributed by atoms with Crippen molar-refractivity contribution in [1.29, 1.82) is 0 Å². The maximum Gasteiger partial charge on any atom is 0.268 e. The molecular weight excluding hydrogens is 417 g/mol. The molecule has 33 heavy (non-hydrogen) atoms. The van der Waals surface area contributed by atoms with Crippen LogP contribution in [0.5, 0.6) is 0 Å². The van der Waals surface area contributed by atoms with Crippen molar-refractivity contribution in [3.8, 4) is 0 Å². The Morgan fingerprint density at radius 1 is 0.909 bits per heavy atom. The summed E-state index contributed by atoms with van der Waals surface area (Å²) in [5.41, 5.74) is 3.71. The molecule has 4 aromatic rings. The Morgan fingerprint density at radius 2 is 1.67 bits per heavy atom. The van der Waals surface area contributed by atoms with Crippen molar-refractivity contribution >= 4 is 28.4 Å². The van der Waals surface area contributed by atoms with Gasteiger partial charge in [-0.15, -0.1) is 0 Å². The molecule has 5 nitrogen and oxygen atoms in total. The van der Waals surface area contributed by atoms with Gasteiger partial charge in [0.05, 0.1) is 0 Å². The third kappa shape index (κ3) is 5.29. The minimum Gasteiger partial charge on any atom is -0.347 e. The van der Waals surface area contributed by atoms with Gasteiger partial charge in [-0.2, -0.15) is 0 Å². The van der Waals surface area contributed by atoms with Gasteiger partial charge >= 0.3 is 0 Å². The average molecular weight is 444 g/mol. The van der Waals surface area contributed by atoms with Gasteiger partial charge in [-0.3, -0.25) is 9.59 Å². The number of benzene rings is 3. The van der Waals surface area contributed by atoms with Gasteiger partial charge in [0.1, 0.15) is 11.5 Å². The first kappa shape index (κ1) is 22.3. The van der Waals surface area contributed by atoms with E-state index in [2.05, 4.69) is 10.6 Å². The zero-order valence-electron chi connectivity index (χ0n) is 18.6. The van der Waals surface area contributed by atoms with Crippen molar-refractivity contribution in [3.63, 3.8) is 0 Å². The molecule has 6 heteroatoms. The average Bonchev–Trinajstić information content (AvgIpc) is 3.15. The number of carbonyl (C=O) groups is 2. The third-order valence-corrected chi connectivity index (χ3v) is 5.45. The van der Waals surface area contributed by atoms with E-state index in [1.54, 1.807) is 12.1 Å². The molecule has 0 saturated carbocycles. The highest BCUT2D eigenvalue weighted by atomic mass is 19.1. The lowest BCUT2D eigenvalue weighted by Gasteiger charge is -2.12. The topological polar surface area (TPSA) is 63.1 Å². The van der Waals surface area contributed by atoms with E-state index in [4.69, 9.17) is 0 Å². The zero-order valence-corrected chi connectivity index (χ0v) is 18.6. The quantitative estimate of drug-likeness (QED) is 0.404. The molecule has 0 aliphatic heterocycles. The maximum absolute atomic E-state index is 13.8. The molecule has 0 spiro atoms. The molecule has 0 aliphatic carbocycles. The smallest absolute Gasteiger partial charge is 0.268 e. The molecule has 4 rings (SSSR count). The van der Waals surface area contributed by atoms with Crippen LogP contribution in [0.4, 0.5) is 10.1 Å². The Hall–Kier alpha value is -3.93. The minimum absolute atomic E-state index is 0.0747. The standard InChI is InChI=1S/C27H26FN3O2/c1-18(2)26(32)30-23-11-12-24-21(14-23)15-25(27(33)29-16-19-7-4-3-5-8-19)31(24)17-20-9-6-10-22(28)13-20/h3-15,18H,16-17H2,1-2H3,(H,29,33)(H,30,32). The molecule has 0 saturated heterocycles. The fraction of sp³-hybridized carbons (Fsp3) is 0.185. The maximum atomic E-state index is 13.8. The number of amides is 2. The van der Waals surface area contributed by atoms with Gasteiger partial charge in [0.15, 0.2) is 0 Å². The Kier molecular flexibility index (Phi) is 6.54. The summed E-state index contributed by atoms with van der Waals surface area (Å²) in [7, 11) is 0. The molecule has 168 valence electrons. The summed E-state index contributed by atoms with van der Waals surface area (Å²) in [4.78, 5) is 25.2. The molecule has 1 heterocycles. The normalized spacial score (nSPS) is 11.0. The number of anilines is 1. The van der Waals surface area contributed by atoms with E-state index in [1.807, 2.05) is 73.0 Å². The Bertz CT molecular complexity index is 1300. The van der Waals surface area contributed by atoms with E-state index in [1.165, 1.54) is 12.1 Å². The van der Waals surface area contributed by atoms with Crippen LogP contribution >= 0.6 is 0 Å². The van der Waals surface area contributed by atoms with Crippen molar-refractivity contribution in [3.05, 3.63) is 102 Å². The van der Waals surface area contributed by atoms with Crippen LogP contribution in [0, 0.1) is 11.7 Å². The Labute approximate surface area is 192 Å². The van der Waals surface area contributed by atoms with Gasteiger partial charge in [-0.05, 0) is 47.5 Å². The molecule has 0 radical (unpaired) electrons. The molecule has 0 atom stereocenters. The minimum atomic E-state index is -0.322. The number of fused-ring (bicyclic) bond motifs is 1. The second-order valence-corrected chi connectivity index (χ2v) is 8.33. The van der Waals surface area contributed by atoms with Crippen LogP contribution in [0.2, 0.25) is 0 Å². The van der Waals surface area contributed by atoms with E-state index >= 15 is 0 Å². The summed E-state index contributed by atoms with van der Waals surface area (Å²) >= 11 is 0. The summed E-state index contributed by atoms with van der Waals surface area (Å²) in [6.45, 7) is 4.40. The number of aromatic nitrogens is 1. The van der Waals surface area contributed by atoms with Gasteiger partial charge in [-0.25, -0.2) is 4.39 Å². The number of carbonyl (C=O) groups excluding carboxylic acids is 2. The predicted molar refractivity (Wildman–Crippen MR) is 129 cm³/mol. The monoisotopic (exact) mass is 443 g/mol. The molecule has 0 fully saturated rings. The van der Waals surface area contributed by atoms with Crippen LogP contribution in [0.25, 0.3) is 10.9 Å². The van der Waals surface area contributed by atoms with Crippen LogP contribution in [0.15, 0.2) is 78.9 Å². The van der Waals surface area contributed by atoms with E-state index in [0.717, 1.165) is 22.0 Å². The van der Waals surface area contributed by atoms with E-state index < -0.39 is 0 Å². The summed E-state index contributed by atoms with van der Waals surface area (Å²) in [5, 5.41) is 6.69. The molecular formula is C27H26FN3O2. The first-order chi connectivity index (χ1) is 15.9. The molecule has 0 bridgehead atoms. The first-order valence-electron chi connectivity index (χ1n) is 10.9. The lowest BCUT2D eigenvalue weighted by atomic mass is 10.2. The number of hydrogen-bond donors (Lipinski definition) is 2. The number of nitrogens with one attached hydrogen (secondary N) is 2. The molecule has 3 aromatic carbocycles. The van der Waals surface area contributed by atoms with Crippen molar-refractivity contribution in [2.24, 2.45) is 5.92 Å². The largest absolute Gasteiger partial charge is 0.347 e. The van der Waals surface area contributed by atoms with Gasteiger partial charge in [-0.1, -0.05) is 56.3 Å². The van der Waals surface area contributed by atoms with Crippen LogP contribution in [0.1, 0.15) is 35.5 Å². The number of rotatable bonds is 7. The fourth-order valence-electron chi connectivity index (χ4n) is 3.68. The van der Waals surface area contributed by atoms with Crippen molar-refractivity contribution < 1.29 is 14.0 Å². The summed E-state index contributed by atoms with van der Waals surface area (Å²) in [6.07, 6.45) is 0. The van der Waals surface area contributed by atoms with Crippen LogP contribution in [-0.4, -0.2) is 16.4 Å². The van der Waals surface area contributed by atoms with Crippen LogP contribution in [0.3, 0.4) is 0 Å². The lowest BCUT2D eigenvalue weighted by molar-refractivity contribution is -0.118. The number of hydrogen-bond acceptors (Lipinski definition) is 2. The van der Waals surface area contributed by atoms with E-state index in [-0.39, 0.29) is 23.5 Å². The highest BCUT2D eigenvalue weighted by Crippen LogP contribution is 2.25. The molecule has 2 N–H and O–H groups in total. The summed E-state index contributed by atoms with van der Waals surface area (Å²) < 4.78 is 15.7. The molecule has 0 aliphatic rings. The Morgan fingerprint density at radius 3 is 2.39 bits per heavy atom. The Balaban J connectivity index is 1.68. The van der Waals surface area contributed by atoms with Gasteiger partial charge < -0.3 is 15.2 Å². The summed E-state index contributed by atoms with van der Waals surface area (Å²) in [6, 6.07) is 23.4.